The predicted octanol–water partition coefficient (Wildman–Crippen LogP) is 1.88. The summed E-state index contributed by atoms with van der Waals surface area (Å²) in [5, 5.41) is 21.7. The number of nitrogens with zero attached hydrogens (tertiary/aromatic N) is 5. The Bertz CT molecular complexity index is 1150. The normalized spacial score (nSPS) is 10.6. The van der Waals surface area contributed by atoms with Crippen molar-refractivity contribution in [1.29, 1.82) is 0 Å². The number of amides is 1. The summed E-state index contributed by atoms with van der Waals surface area (Å²) >= 11 is 0. The van der Waals surface area contributed by atoms with Gasteiger partial charge in [0.2, 0.25) is 5.91 Å². The number of aromatic nitrogens is 2. The molecule has 3 rings (SSSR count). The summed E-state index contributed by atoms with van der Waals surface area (Å²) in [6, 6.07) is 9.08. The zero-order valence-electron chi connectivity index (χ0n) is 14.5. The van der Waals surface area contributed by atoms with Crippen LogP contribution in [0.1, 0.15) is 0 Å². The molecule has 0 atom stereocenters. The highest BCUT2D eigenvalue weighted by Crippen LogP contribution is 2.19. The second-order valence-corrected chi connectivity index (χ2v) is 5.86. The van der Waals surface area contributed by atoms with Gasteiger partial charge in [-0.3, -0.25) is 34.4 Å². The number of rotatable bonds is 5. The standard InChI is InChI=1S/C17H13N5O6/c1-19(11-2-4-12(5-3-11)21(25)26)16(23)9-20-10-18-15-8-13(22(27)28)6-7-14(15)17(20)24/h2-8,10H,9H2,1H3. The Balaban J connectivity index is 1.85. The number of anilines is 1. The third kappa shape index (κ3) is 3.53. The third-order valence-electron chi connectivity index (χ3n) is 4.15. The number of benzene rings is 2. The second kappa shape index (κ2) is 7.23. The van der Waals surface area contributed by atoms with Gasteiger partial charge in [-0.25, -0.2) is 4.98 Å². The number of nitro benzene ring substituents is 2. The molecule has 11 heteroatoms. The number of likely N-dealkylation sites (N-methyl/N-ethyl adjacent to an activating group) is 1. The van der Waals surface area contributed by atoms with E-state index in [0.29, 0.717) is 5.69 Å². The van der Waals surface area contributed by atoms with Crippen LogP contribution in [0.5, 0.6) is 0 Å². The van der Waals surface area contributed by atoms with E-state index in [0.717, 1.165) is 10.9 Å². The van der Waals surface area contributed by atoms with E-state index in [1.165, 1.54) is 54.4 Å². The predicted molar refractivity (Wildman–Crippen MR) is 99.2 cm³/mol. The monoisotopic (exact) mass is 383 g/mol. The maximum Gasteiger partial charge on any atom is 0.271 e. The summed E-state index contributed by atoms with van der Waals surface area (Å²) in [5.41, 5.74) is -0.218. The molecule has 1 heterocycles. The van der Waals surface area contributed by atoms with Crippen molar-refractivity contribution in [2.45, 2.75) is 6.54 Å². The largest absolute Gasteiger partial charge is 0.314 e. The van der Waals surface area contributed by atoms with Gasteiger partial charge in [-0.2, -0.15) is 0 Å². The van der Waals surface area contributed by atoms with Crippen molar-refractivity contribution < 1.29 is 14.6 Å². The Morgan fingerprint density at radius 1 is 1.07 bits per heavy atom. The van der Waals surface area contributed by atoms with E-state index in [-0.39, 0.29) is 28.8 Å². The summed E-state index contributed by atoms with van der Waals surface area (Å²) in [4.78, 5) is 50.7. The molecule has 142 valence electrons. The SMILES string of the molecule is CN(C(=O)Cn1cnc2cc([N+](=O)[O-])ccc2c1=O)c1ccc([N+](=O)[O-])cc1. The van der Waals surface area contributed by atoms with Crippen LogP contribution in [0.4, 0.5) is 17.1 Å². The lowest BCUT2D eigenvalue weighted by Crippen LogP contribution is -2.34. The molecular weight excluding hydrogens is 370 g/mol. The minimum absolute atomic E-state index is 0.103. The molecule has 28 heavy (non-hydrogen) atoms. The topological polar surface area (TPSA) is 141 Å². The van der Waals surface area contributed by atoms with Crippen molar-refractivity contribution >= 4 is 33.9 Å². The molecule has 1 aromatic heterocycles. The summed E-state index contributed by atoms with van der Waals surface area (Å²) in [7, 11) is 1.48. The van der Waals surface area contributed by atoms with Crippen LogP contribution >= 0.6 is 0 Å². The molecule has 0 fully saturated rings. The highest BCUT2D eigenvalue weighted by molar-refractivity contribution is 5.93. The first kappa shape index (κ1) is 18.6. The number of non-ortho nitro benzene ring substituents is 2. The number of hydrogen-bond acceptors (Lipinski definition) is 7. The molecule has 2 aromatic carbocycles. The number of carbonyl (C=O) groups is 1. The van der Waals surface area contributed by atoms with Gasteiger partial charge >= 0.3 is 0 Å². The van der Waals surface area contributed by atoms with E-state index in [1.807, 2.05) is 0 Å². The summed E-state index contributed by atoms with van der Waals surface area (Å²) in [6.45, 7) is -0.313. The molecule has 11 nitrogen and oxygen atoms in total. The second-order valence-electron chi connectivity index (χ2n) is 5.86. The fourth-order valence-corrected chi connectivity index (χ4v) is 2.57. The number of fused-ring (bicyclic) bond motifs is 1. The third-order valence-corrected chi connectivity index (χ3v) is 4.15. The van der Waals surface area contributed by atoms with Gasteiger partial charge in [0.1, 0.15) is 6.54 Å². The first-order valence-electron chi connectivity index (χ1n) is 7.92. The van der Waals surface area contributed by atoms with Crippen molar-refractivity contribution in [3.8, 4) is 0 Å². The summed E-state index contributed by atoms with van der Waals surface area (Å²) < 4.78 is 1.10. The highest BCUT2D eigenvalue weighted by atomic mass is 16.6. The summed E-state index contributed by atoms with van der Waals surface area (Å²) in [6.07, 6.45) is 1.15. The van der Waals surface area contributed by atoms with Crippen molar-refractivity contribution in [3.63, 3.8) is 0 Å². The number of hydrogen-bond donors (Lipinski definition) is 0. The van der Waals surface area contributed by atoms with Crippen molar-refractivity contribution in [1.82, 2.24) is 9.55 Å². The lowest BCUT2D eigenvalue weighted by Gasteiger charge is -2.17. The maximum absolute atomic E-state index is 12.5. The Morgan fingerprint density at radius 2 is 1.68 bits per heavy atom. The smallest absolute Gasteiger partial charge is 0.271 e. The average Bonchev–Trinajstić information content (AvgIpc) is 2.69. The molecule has 1 amide bonds. The molecule has 0 bridgehead atoms. The van der Waals surface area contributed by atoms with Crippen LogP contribution in [-0.4, -0.2) is 32.4 Å². The van der Waals surface area contributed by atoms with Crippen LogP contribution in [0.3, 0.4) is 0 Å². The van der Waals surface area contributed by atoms with Gasteiger partial charge in [0.15, 0.2) is 0 Å². The molecular formula is C17H13N5O6. The molecule has 0 unspecified atom stereocenters. The van der Waals surface area contributed by atoms with Gasteiger partial charge in [0.05, 0.1) is 27.1 Å². The zero-order chi connectivity index (χ0) is 20.4. The van der Waals surface area contributed by atoms with Crippen LogP contribution in [-0.2, 0) is 11.3 Å². The molecule has 0 saturated carbocycles. The number of nitro groups is 2. The molecule has 0 aliphatic carbocycles. The van der Waals surface area contributed by atoms with Gasteiger partial charge in [0.25, 0.3) is 16.9 Å². The summed E-state index contributed by atoms with van der Waals surface area (Å²) in [5.74, 6) is -0.445. The lowest BCUT2D eigenvalue weighted by atomic mass is 10.2. The van der Waals surface area contributed by atoms with E-state index in [2.05, 4.69) is 4.98 Å². The van der Waals surface area contributed by atoms with E-state index >= 15 is 0 Å². The number of carbonyl (C=O) groups excluding carboxylic acids is 1. The highest BCUT2D eigenvalue weighted by Gasteiger charge is 2.16. The minimum atomic E-state index is -0.588. The van der Waals surface area contributed by atoms with E-state index in [9.17, 15) is 29.8 Å². The lowest BCUT2D eigenvalue weighted by molar-refractivity contribution is -0.385. The minimum Gasteiger partial charge on any atom is -0.314 e. The quantitative estimate of drug-likeness (QED) is 0.483. The van der Waals surface area contributed by atoms with E-state index < -0.39 is 21.3 Å². The van der Waals surface area contributed by atoms with Crippen molar-refractivity contribution in [3.05, 3.63) is 79.4 Å². The Kier molecular flexibility index (Phi) is 4.81. The fraction of sp³-hybridized carbons (Fsp3) is 0.118. The van der Waals surface area contributed by atoms with Gasteiger partial charge in [0, 0.05) is 37.0 Å². The van der Waals surface area contributed by atoms with Gasteiger partial charge in [-0.1, -0.05) is 0 Å². The Morgan fingerprint density at radius 3 is 2.29 bits per heavy atom. The van der Waals surface area contributed by atoms with Crippen LogP contribution in [0, 0.1) is 20.2 Å². The van der Waals surface area contributed by atoms with Crippen molar-refractivity contribution in [2.24, 2.45) is 0 Å². The van der Waals surface area contributed by atoms with E-state index in [4.69, 9.17) is 0 Å². The molecule has 0 N–H and O–H groups in total. The average molecular weight is 383 g/mol. The molecule has 0 radical (unpaired) electrons. The first-order valence-corrected chi connectivity index (χ1v) is 7.92. The molecule has 0 spiro atoms. The zero-order valence-corrected chi connectivity index (χ0v) is 14.5. The Hall–Kier alpha value is -4.15. The van der Waals surface area contributed by atoms with E-state index in [1.54, 1.807) is 0 Å². The van der Waals surface area contributed by atoms with Crippen LogP contribution in [0.25, 0.3) is 10.9 Å². The molecule has 0 saturated heterocycles. The Labute approximate surface area is 156 Å². The van der Waals surface area contributed by atoms with Gasteiger partial charge < -0.3 is 4.90 Å². The van der Waals surface area contributed by atoms with Crippen molar-refractivity contribution in [2.75, 3.05) is 11.9 Å². The van der Waals surface area contributed by atoms with Crippen LogP contribution < -0.4 is 10.5 Å². The van der Waals surface area contributed by atoms with Gasteiger partial charge in [-0.05, 0) is 18.2 Å². The van der Waals surface area contributed by atoms with Gasteiger partial charge in [-0.15, -0.1) is 0 Å². The maximum atomic E-state index is 12.5. The fourth-order valence-electron chi connectivity index (χ4n) is 2.57. The molecule has 0 aliphatic heterocycles. The molecule has 3 aromatic rings. The molecule has 0 aliphatic rings. The van der Waals surface area contributed by atoms with Crippen LogP contribution in [0.2, 0.25) is 0 Å². The van der Waals surface area contributed by atoms with Crippen LogP contribution in [0.15, 0.2) is 53.6 Å². The first-order chi connectivity index (χ1) is 13.3.